The van der Waals surface area contributed by atoms with Gasteiger partial charge in [-0.2, -0.15) is 0 Å². The third kappa shape index (κ3) is 6.17. The number of rotatable bonds is 5. The smallest absolute Gasteiger partial charge is 0.0631 e. The Morgan fingerprint density at radius 2 is 1.32 bits per heavy atom. The Balaban J connectivity index is 1.33. The molecule has 4 nitrogen and oxygen atoms in total. The molecule has 0 aromatic carbocycles. The van der Waals surface area contributed by atoms with Crippen molar-refractivity contribution < 1.29 is 9.47 Å². The van der Waals surface area contributed by atoms with Gasteiger partial charge in [-0.1, -0.05) is 0 Å². The summed E-state index contributed by atoms with van der Waals surface area (Å²) < 4.78 is 12.4. The molecule has 0 spiro atoms. The lowest BCUT2D eigenvalue weighted by Crippen LogP contribution is -2.51. The Labute approximate surface area is 174 Å². The molecule has 0 N–H and O–H groups in total. The number of ether oxygens (including phenoxy) is 2. The van der Waals surface area contributed by atoms with Crippen molar-refractivity contribution in [2.24, 2.45) is 5.92 Å². The molecule has 28 heavy (non-hydrogen) atoms. The minimum Gasteiger partial charge on any atom is -0.375 e. The minimum absolute atomic E-state index is 0.0276. The van der Waals surface area contributed by atoms with Crippen LogP contribution in [0.5, 0.6) is 0 Å². The van der Waals surface area contributed by atoms with Gasteiger partial charge >= 0.3 is 0 Å². The summed E-state index contributed by atoms with van der Waals surface area (Å²) >= 11 is 0. The SMILES string of the molecule is CC(C1CCN(C(C)(C)C)CC1)N1CCC(OC2CC(OC(C)(C)C)C2)CC1. The van der Waals surface area contributed by atoms with E-state index in [9.17, 15) is 0 Å². The summed E-state index contributed by atoms with van der Waals surface area (Å²) in [6.07, 6.45) is 8.58. The van der Waals surface area contributed by atoms with E-state index in [1.807, 2.05) is 0 Å². The van der Waals surface area contributed by atoms with E-state index in [0.29, 0.717) is 23.9 Å². The van der Waals surface area contributed by atoms with Crippen molar-refractivity contribution >= 4 is 0 Å². The van der Waals surface area contributed by atoms with E-state index in [1.165, 1.54) is 51.9 Å². The zero-order valence-electron chi connectivity index (χ0n) is 19.7. The second kappa shape index (κ2) is 8.91. The van der Waals surface area contributed by atoms with Crippen molar-refractivity contribution in [1.29, 1.82) is 0 Å². The monoisotopic (exact) mass is 394 g/mol. The molecule has 1 aliphatic carbocycles. The molecule has 1 atom stereocenters. The molecule has 3 aliphatic rings. The Kier molecular flexibility index (Phi) is 7.17. The van der Waals surface area contributed by atoms with Crippen LogP contribution in [0.4, 0.5) is 0 Å². The maximum atomic E-state index is 6.38. The first-order valence-corrected chi connectivity index (χ1v) is 11.8. The van der Waals surface area contributed by atoms with Gasteiger partial charge in [0.25, 0.3) is 0 Å². The van der Waals surface area contributed by atoms with Crippen LogP contribution in [0.25, 0.3) is 0 Å². The molecular weight excluding hydrogens is 348 g/mol. The second-order valence-corrected chi connectivity index (χ2v) is 11.6. The normalized spacial score (nSPS) is 31.0. The molecule has 0 aromatic rings. The van der Waals surface area contributed by atoms with Crippen molar-refractivity contribution in [3.05, 3.63) is 0 Å². The highest BCUT2D eigenvalue weighted by Gasteiger charge is 2.37. The molecule has 164 valence electrons. The predicted molar refractivity (Wildman–Crippen MR) is 117 cm³/mol. The summed E-state index contributed by atoms with van der Waals surface area (Å²) in [5, 5.41) is 0. The van der Waals surface area contributed by atoms with Gasteiger partial charge in [-0.05, 0) is 106 Å². The van der Waals surface area contributed by atoms with Gasteiger partial charge in [0.15, 0.2) is 0 Å². The molecular formula is C24H46N2O2. The van der Waals surface area contributed by atoms with Gasteiger partial charge in [-0.3, -0.25) is 4.90 Å². The average molecular weight is 395 g/mol. The van der Waals surface area contributed by atoms with E-state index >= 15 is 0 Å². The number of nitrogens with zero attached hydrogens (tertiary/aromatic N) is 2. The summed E-state index contributed by atoms with van der Waals surface area (Å²) in [4.78, 5) is 5.40. The van der Waals surface area contributed by atoms with Gasteiger partial charge in [0.05, 0.1) is 23.9 Å². The van der Waals surface area contributed by atoms with E-state index in [0.717, 1.165) is 24.8 Å². The third-order valence-corrected chi connectivity index (χ3v) is 7.18. The Morgan fingerprint density at radius 3 is 1.82 bits per heavy atom. The highest BCUT2D eigenvalue weighted by Crippen LogP contribution is 2.33. The zero-order chi connectivity index (χ0) is 20.5. The fraction of sp³-hybridized carbons (Fsp3) is 1.00. The lowest BCUT2D eigenvalue weighted by atomic mass is 9.86. The third-order valence-electron chi connectivity index (χ3n) is 7.18. The fourth-order valence-electron chi connectivity index (χ4n) is 5.27. The van der Waals surface area contributed by atoms with Crippen LogP contribution in [-0.4, -0.2) is 71.5 Å². The summed E-state index contributed by atoms with van der Waals surface area (Å²) in [5.41, 5.74) is 0.294. The molecule has 0 aromatic heterocycles. The molecule has 2 aliphatic heterocycles. The van der Waals surface area contributed by atoms with Crippen molar-refractivity contribution in [3.8, 4) is 0 Å². The minimum atomic E-state index is -0.0276. The standard InChI is InChI=1S/C24H46N2O2/c1-18(19-8-14-26(15-9-19)23(2,3)4)25-12-10-20(11-13-25)27-21-16-22(17-21)28-24(5,6)7/h18-22H,8-17H2,1-7H3. The van der Waals surface area contributed by atoms with E-state index in [-0.39, 0.29) is 5.60 Å². The topological polar surface area (TPSA) is 24.9 Å². The quantitative estimate of drug-likeness (QED) is 0.674. The van der Waals surface area contributed by atoms with Crippen molar-refractivity contribution in [2.75, 3.05) is 26.2 Å². The molecule has 0 bridgehead atoms. The first-order chi connectivity index (χ1) is 13.0. The molecule has 1 unspecified atom stereocenters. The number of piperidine rings is 2. The molecule has 0 amide bonds. The molecule has 2 saturated heterocycles. The van der Waals surface area contributed by atoms with Gasteiger partial charge in [-0.15, -0.1) is 0 Å². The van der Waals surface area contributed by atoms with Gasteiger partial charge in [0.1, 0.15) is 0 Å². The highest BCUT2D eigenvalue weighted by molar-refractivity contribution is 4.89. The number of hydrogen-bond acceptors (Lipinski definition) is 4. The molecule has 0 radical (unpaired) electrons. The zero-order valence-corrected chi connectivity index (χ0v) is 19.7. The van der Waals surface area contributed by atoms with Gasteiger partial charge < -0.3 is 14.4 Å². The van der Waals surface area contributed by atoms with E-state index in [4.69, 9.17) is 9.47 Å². The van der Waals surface area contributed by atoms with Crippen LogP contribution in [0.15, 0.2) is 0 Å². The highest BCUT2D eigenvalue weighted by atomic mass is 16.5. The number of likely N-dealkylation sites (tertiary alicyclic amines) is 2. The summed E-state index contributed by atoms with van der Waals surface area (Å²) in [5.74, 6) is 0.859. The van der Waals surface area contributed by atoms with Crippen molar-refractivity contribution in [2.45, 2.75) is 122 Å². The maximum Gasteiger partial charge on any atom is 0.0631 e. The van der Waals surface area contributed by atoms with Gasteiger partial charge in [-0.25, -0.2) is 0 Å². The lowest BCUT2D eigenvalue weighted by Gasteiger charge is -2.46. The Morgan fingerprint density at radius 1 is 0.750 bits per heavy atom. The van der Waals surface area contributed by atoms with Crippen LogP contribution in [0.2, 0.25) is 0 Å². The predicted octanol–water partition coefficient (Wildman–Crippen LogP) is 4.71. The fourth-order valence-corrected chi connectivity index (χ4v) is 5.27. The lowest BCUT2D eigenvalue weighted by molar-refractivity contribution is -0.168. The molecule has 4 heteroatoms. The maximum absolute atomic E-state index is 6.38. The molecule has 2 heterocycles. The first kappa shape index (κ1) is 22.5. The van der Waals surface area contributed by atoms with Gasteiger partial charge in [0, 0.05) is 24.7 Å². The second-order valence-electron chi connectivity index (χ2n) is 11.6. The van der Waals surface area contributed by atoms with E-state index < -0.39 is 0 Å². The summed E-state index contributed by atoms with van der Waals surface area (Å²) in [6, 6.07) is 0.719. The van der Waals surface area contributed by atoms with Crippen LogP contribution in [0, 0.1) is 5.92 Å². The molecule has 3 rings (SSSR count). The Bertz CT molecular complexity index is 474. The first-order valence-electron chi connectivity index (χ1n) is 11.8. The Hall–Kier alpha value is -0.160. The summed E-state index contributed by atoms with van der Waals surface area (Å²) in [6.45, 7) is 20.9. The molecule has 1 saturated carbocycles. The largest absolute Gasteiger partial charge is 0.375 e. The van der Waals surface area contributed by atoms with Gasteiger partial charge in [0.2, 0.25) is 0 Å². The molecule has 3 fully saturated rings. The average Bonchev–Trinajstić information content (AvgIpc) is 2.58. The van der Waals surface area contributed by atoms with E-state index in [1.54, 1.807) is 0 Å². The van der Waals surface area contributed by atoms with Crippen LogP contribution < -0.4 is 0 Å². The number of hydrogen-bond donors (Lipinski definition) is 0. The van der Waals surface area contributed by atoms with Crippen molar-refractivity contribution in [3.63, 3.8) is 0 Å². The van der Waals surface area contributed by atoms with E-state index in [2.05, 4.69) is 58.3 Å². The van der Waals surface area contributed by atoms with Crippen LogP contribution in [0.3, 0.4) is 0 Å². The van der Waals surface area contributed by atoms with Crippen LogP contribution >= 0.6 is 0 Å². The van der Waals surface area contributed by atoms with Crippen LogP contribution in [-0.2, 0) is 9.47 Å². The summed E-state index contributed by atoms with van der Waals surface area (Å²) in [7, 11) is 0. The van der Waals surface area contributed by atoms with Crippen LogP contribution in [0.1, 0.15) is 87.0 Å². The van der Waals surface area contributed by atoms with Crippen molar-refractivity contribution in [1.82, 2.24) is 9.80 Å².